The maximum atomic E-state index is 5.16. The van der Waals surface area contributed by atoms with Gasteiger partial charge in [0, 0.05) is 12.1 Å². The van der Waals surface area contributed by atoms with Crippen LogP contribution in [0.3, 0.4) is 0 Å². The number of rotatable bonds is 3. The molecule has 1 N–H and O–H groups in total. The van der Waals surface area contributed by atoms with Gasteiger partial charge in [0.2, 0.25) is 0 Å². The normalized spacial score (nSPS) is 10.6. The van der Waals surface area contributed by atoms with Crippen LogP contribution in [0.5, 0.6) is 0 Å². The highest BCUT2D eigenvalue weighted by molar-refractivity contribution is 6.25. The molecular formula is C4H8ClNO. The molecule has 0 aromatic heterocycles. The zero-order valence-corrected chi connectivity index (χ0v) is 4.90. The Balaban J connectivity index is 2.69. The fourth-order valence-corrected chi connectivity index (χ4v) is 0.265. The molecule has 0 aliphatic carbocycles. The Morgan fingerprint density at radius 3 is 3.00 bits per heavy atom. The second-order valence-corrected chi connectivity index (χ2v) is 1.17. The highest BCUT2D eigenvalue weighted by Crippen LogP contribution is 1.73. The number of hydroxylamine groups is 1. The molecule has 0 atom stereocenters. The molecule has 0 aliphatic rings. The van der Waals surface area contributed by atoms with Gasteiger partial charge < -0.3 is 4.84 Å². The molecule has 0 spiro atoms. The average Bonchev–Trinajstić information content (AvgIpc) is 1.69. The Kier molecular flexibility index (Phi) is 5.91. The van der Waals surface area contributed by atoms with E-state index in [-0.39, 0.29) is 0 Å². The molecule has 0 aliphatic heterocycles. The van der Waals surface area contributed by atoms with Gasteiger partial charge in [-0.25, -0.2) is 0 Å². The Morgan fingerprint density at radius 1 is 1.86 bits per heavy atom. The van der Waals surface area contributed by atoms with Crippen molar-refractivity contribution in [2.45, 2.75) is 0 Å². The summed E-state index contributed by atoms with van der Waals surface area (Å²) < 4.78 is 0. The third kappa shape index (κ3) is 5.95. The van der Waals surface area contributed by atoms with Crippen molar-refractivity contribution in [1.82, 2.24) is 5.48 Å². The molecule has 0 fully saturated rings. The third-order valence-corrected chi connectivity index (χ3v) is 0.613. The van der Waals surface area contributed by atoms with Gasteiger partial charge in [0.25, 0.3) is 0 Å². The minimum Gasteiger partial charge on any atom is -0.305 e. The smallest absolute Gasteiger partial charge is 0.0572 e. The summed E-state index contributed by atoms with van der Waals surface area (Å²) in [5.41, 5.74) is 4.01. The zero-order valence-electron chi connectivity index (χ0n) is 4.15. The highest BCUT2D eigenvalue weighted by Gasteiger charge is 1.69. The lowest BCUT2D eigenvalue weighted by Crippen LogP contribution is -2.10. The molecule has 7 heavy (non-hydrogen) atoms. The van der Waals surface area contributed by atoms with Crippen LogP contribution in [-0.2, 0) is 4.84 Å². The van der Waals surface area contributed by atoms with E-state index < -0.39 is 0 Å². The number of halogens is 1. The Bertz CT molecular complexity index is 55.7. The fraction of sp³-hybridized carbons (Fsp3) is 0.500. The van der Waals surface area contributed by atoms with E-state index >= 15 is 0 Å². The Morgan fingerprint density at radius 2 is 2.57 bits per heavy atom. The fourth-order valence-electron chi connectivity index (χ4n) is 0.176. The molecule has 0 radical (unpaired) electrons. The number of nitrogens with one attached hydrogen (secondary N) is 1. The van der Waals surface area contributed by atoms with E-state index in [1.807, 2.05) is 0 Å². The quantitative estimate of drug-likeness (QED) is 0.442. The summed E-state index contributed by atoms with van der Waals surface area (Å²) in [6, 6.07) is 0. The van der Waals surface area contributed by atoms with Gasteiger partial charge >= 0.3 is 0 Å². The molecular weight excluding hydrogens is 114 g/mol. The SMILES string of the molecule is CONC/C=C/Cl. The van der Waals surface area contributed by atoms with Crippen molar-refractivity contribution in [3.05, 3.63) is 11.6 Å². The zero-order chi connectivity index (χ0) is 5.54. The molecule has 0 bridgehead atoms. The maximum absolute atomic E-state index is 5.16. The van der Waals surface area contributed by atoms with Crippen LogP contribution in [0.1, 0.15) is 0 Å². The first-order valence-electron chi connectivity index (χ1n) is 1.93. The molecule has 0 rings (SSSR count). The van der Waals surface area contributed by atoms with Gasteiger partial charge in [-0.15, -0.1) is 0 Å². The molecule has 3 heteroatoms. The second-order valence-electron chi connectivity index (χ2n) is 0.914. The number of hydrogen-bond donors (Lipinski definition) is 1. The van der Waals surface area contributed by atoms with E-state index in [9.17, 15) is 0 Å². The summed E-state index contributed by atoms with van der Waals surface area (Å²) >= 11 is 5.16. The van der Waals surface area contributed by atoms with Crippen molar-refractivity contribution < 1.29 is 4.84 Å². The van der Waals surface area contributed by atoms with Crippen LogP contribution in [0.4, 0.5) is 0 Å². The number of hydrogen-bond acceptors (Lipinski definition) is 2. The molecule has 0 aromatic carbocycles. The Hall–Kier alpha value is -0.0500. The van der Waals surface area contributed by atoms with Crippen molar-refractivity contribution in [2.24, 2.45) is 0 Å². The van der Waals surface area contributed by atoms with Gasteiger partial charge in [-0.2, -0.15) is 5.48 Å². The van der Waals surface area contributed by atoms with Crippen LogP contribution < -0.4 is 5.48 Å². The second kappa shape index (κ2) is 5.95. The minimum atomic E-state index is 0.653. The van der Waals surface area contributed by atoms with Gasteiger partial charge in [0.05, 0.1) is 7.11 Å². The third-order valence-electron chi connectivity index (χ3n) is 0.435. The first-order chi connectivity index (χ1) is 3.41. The van der Waals surface area contributed by atoms with E-state index in [2.05, 4.69) is 10.3 Å². The molecule has 0 saturated carbocycles. The molecule has 0 aromatic rings. The van der Waals surface area contributed by atoms with Crippen molar-refractivity contribution in [1.29, 1.82) is 0 Å². The molecule has 2 nitrogen and oxygen atoms in total. The van der Waals surface area contributed by atoms with Crippen molar-refractivity contribution in [3.8, 4) is 0 Å². The monoisotopic (exact) mass is 121 g/mol. The first kappa shape index (κ1) is 6.95. The van der Waals surface area contributed by atoms with Crippen LogP contribution >= 0.6 is 11.6 Å². The minimum absolute atomic E-state index is 0.653. The topological polar surface area (TPSA) is 21.3 Å². The lowest BCUT2D eigenvalue weighted by atomic mass is 10.7. The van der Waals surface area contributed by atoms with Crippen molar-refractivity contribution in [3.63, 3.8) is 0 Å². The van der Waals surface area contributed by atoms with E-state index in [0.29, 0.717) is 6.54 Å². The van der Waals surface area contributed by atoms with Gasteiger partial charge in [-0.1, -0.05) is 17.7 Å². The molecule has 0 saturated heterocycles. The predicted octanol–water partition coefficient (Wildman–Crippen LogP) is 0.890. The standard InChI is InChI=1S/C4H8ClNO/c1-7-6-4-2-3-5/h2-3,6H,4H2,1H3/b3-2+. The molecule has 0 unspecified atom stereocenters. The lowest BCUT2D eigenvalue weighted by Gasteiger charge is -1.90. The summed E-state index contributed by atoms with van der Waals surface area (Å²) in [7, 11) is 1.56. The summed E-state index contributed by atoms with van der Waals surface area (Å²) in [6.07, 6.45) is 1.74. The van der Waals surface area contributed by atoms with Crippen LogP contribution in [0, 0.1) is 0 Å². The van der Waals surface area contributed by atoms with E-state index in [0.717, 1.165) is 0 Å². The van der Waals surface area contributed by atoms with Crippen LogP contribution in [0.2, 0.25) is 0 Å². The van der Waals surface area contributed by atoms with E-state index in [1.165, 1.54) is 5.54 Å². The summed E-state index contributed by atoms with van der Waals surface area (Å²) in [6.45, 7) is 0.653. The van der Waals surface area contributed by atoms with Gasteiger partial charge in [-0.3, -0.25) is 0 Å². The largest absolute Gasteiger partial charge is 0.305 e. The molecule has 0 heterocycles. The van der Waals surface area contributed by atoms with Crippen LogP contribution in [0.25, 0.3) is 0 Å². The summed E-state index contributed by atoms with van der Waals surface area (Å²) in [4.78, 5) is 4.48. The van der Waals surface area contributed by atoms with Crippen molar-refractivity contribution in [2.75, 3.05) is 13.7 Å². The first-order valence-corrected chi connectivity index (χ1v) is 2.36. The Labute approximate surface area is 48.1 Å². The summed E-state index contributed by atoms with van der Waals surface area (Å²) in [5.74, 6) is 0. The lowest BCUT2D eigenvalue weighted by molar-refractivity contribution is 0.101. The summed E-state index contributed by atoms with van der Waals surface area (Å²) in [5, 5.41) is 0. The van der Waals surface area contributed by atoms with Crippen molar-refractivity contribution >= 4 is 11.6 Å². The molecule has 42 valence electrons. The predicted molar refractivity (Wildman–Crippen MR) is 30.0 cm³/mol. The average molecular weight is 122 g/mol. The van der Waals surface area contributed by atoms with Gasteiger partial charge in [-0.05, 0) is 0 Å². The van der Waals surface area contributed by atoms with Gasteiger partial charge in [0.15, 0.2) is 0 Å². The van der Waals surface area contributed by atoms with Crippen LogP contribution in [0.15, 0.2) is 11.6 Å². The maximum Gasteiger partial charge on any atom is 0.0572 e. The van der Waals surface area contributed by atoms with Crippen LogP contribution in [-0.4, -0.2) is 13.7 Å². The van der Waals surface area contributed by atoms with E-state index in [4.69, 9.17) is 11.6 Å². The molecule has 0 amide bonds. The van der Waals surface area contributed by atoms with E-state index in [1.54, 1.807) is 13.2 Å². The van der Waals surface area contributed by atoms with Gasteiger partial charge in [0.1, 0.15) is 0 Å². The highest BCUT2D eigenvalue weighted by atomic mass is 35.5.